The van der Waals surface area contributed by atoms with Gasteiger partial charge >= 0.3 is 0 Å². The van der Waals surface area contributed by atoms with Gasteiger partial charge < -0.3 is 20.5 Å². The van der Waals surface area contributed by atoms with Gasteiger partial charge in [0.25, 0.3) is 5.91 Å². The maximum absolute atomic E-state index is 12.1. The maximum atomic E-state index is 12.1. The molecule has 0 radical (unpaired) electrons. The van der Waals surface area contributed by atoms with Crippen LogP contribution in [0.1, 0.15) is 21.5 Å². The van der Waals surface area contributed by atoms with Gasteiger partial charge in [0.05, 0.1) is 19.2 Å². The van der Waals surface area contributed by atoms with E-state index in [1.165, 1.54) is 13.2 Å². The normalized spacial score (nSPS) is 10.1. The summed E-state index contributed by atoms with van der Waals surface area (Å²) in [6, 6.07) is 10.3. The summed E-state index contributed by atoms with van der Waals surface area (Å²) in [6.45, 7) is 3.59. The van der Waals surface area contributed by atoms with Crippen molar-refractivity contribution >= 4 is 17.5 Å². The summed E-state index contributed by atoms with van der Waals surface area (Å²) in [7, 11) is 1.40. The molecule has 24 heavy (non-hydrogen) atoms. The van der Waals surface area contributed by atoms with Crippen molar-refractivity contribution < 1.29 is 19.4 Å². The number of aryl methyl sites for hydroxylation is 2. The van der Waals surface area contributed by atoms with E-state index in [1.807, 2.05) is 32.0 Å². The number of hydrogen-bond donors (Lipinski definition) is 3. The summed E-state index contributed by atoms with van der Waals surface area (Å²) in [5, 5.41) is 15.2. The Morgan fingerprint density at radius 2 is 1.71 bits per heavy atom. The zero-order valence-electron chi connectivity index (χ0n) is 13.8. The Morgan fingerprint density at radius 1 is 1.08 bits per heavy atom. The van der Waals surface area contributed by atoms with Crippen LogP contribution >= 0.6 is 0 Å². The minimum atomic E-state index is -0.553. The molecule has 6 nitrogen and oxygen atoms in total. The number of para-hydroxylation sites is 2. The highest BCUT2D eigenvalue weighted by atomic mass is 16.5. The number of carbonyl (C=O) groups is 2. The summed E-state index contributed by atoms with van der Waals surface area (Å²) >= 11 is 0. The zero-order chi connectivity index (χ0) is 17.7. The highest BCUT2D eigenvalue weighted by Gasteiger charge is 2.16. The second-order valence-electron chi connectivity index (χ2n) is 5.35. The first-order valence-electron chi connectivity index (χ1n) is 7.44. The summed E-state index contributed by atoms with van der Waals surface area (Å²) < 4.78 is 4.96. The van der Waals surface area contributed by atoms with Crippen LogP contribution in [0.15, 0.2) is 36.4 Å². The number of benzene rings is 2. The van der Waals surface area contributed by atoms with E-state index in [9.17, 15) is 14.7 Å². The van der Waals surface area contributed by atoms with Gasteiger partial charge in [-0.2, -0.15) is 0 Å². The number of ether oxygens (including phenoxy) is 1. The van der Waals surface area contributed by atoms with Crippen molar-refractivity contribution in [3.63, 3.8) is 0 Å². The number of aromatic hydroxyl groups is 1. The molecule has 2 amide bonds. The van der Waals surface area contributed by atoms with Crippen LogP contribution in [0.25, 0.3) is 0 Å². The monoisotopic (exact) mass is 328 g/mol. The number of rotatable bonds is 5. The van der Waals surface area contributed by atoms with Crippen molar-refractivity contribution in [1.82, 2.24) is 5.32 Å². The zero-order valence-corrected chi connectivity index (χ0v) is 13.8. The molecule has 0 bridgehead atoms. The summed E-state index contributed by atoms with van der Waals surface area (Å²) in [5.41, 5.74) is 2.68. The highest BCUT2D eigenvalue weighted by Crippen LogP contribution is 2.29. The molecular formula is C18H20N2O4. The van der Waals surface area contributed by atoms with Crippen molar-refractivity contribution in [3.05, 3.63) is 53.1 Å². The average Bonchev–Trinajstić information content (AvgIpc) is 2.56. The van der Waals surface area contributed by atoms with Crippen molar-refractivity contribution in [1.29, 1.82) is 0 Å². The predicted molar refractivity (Wildman–Crippen MR) is 91.5 cm³/mol. The van der Waals surface area contributed by atoms with Crippen LogP contribution in [0.4, 0.5) is 5.69 Å². The third kappa shape index (κ3) is 3.84. The van der Waals surface area contributed by atoms with Gasteiger partial charge in [-0.05, 0) is 37.1 Å². The van der Waals surface area contributed by atoms with Crippen molar-refractivity contribution in [3.8, 4) is 11.5 Å². The van der Waals surface area contributed by atoms with Crippen LogP contribution in [0.5, 0.6) is 11.5 Å². The molecule has 0 aliphatic carbocycles. The number of anilines is 1. The van der Waals surface area contributed by atoms with Gasteiger partial charge in [-0.3, -0.25) is 9.59 Å². The van der Waals surface area contributed by atoms with Gasteiger partial charge in [0.1, 0.15) is 0 Å². The fourth-order valence-electron chi connectivity index (χ4n) is 2.32. The fourth-order valence-corrected chi connectivity index (χ4v) is 2.32. The quantitative estimate of drug-likeness (QED) is 0.786. The number of carbonyl (C=O) groups excluding carboxylic acids is 2. The van der Waals surface area contributed by atoms with Crippen LogP contribution in [-0.4, -0.2) is 30.6 Å². The molecule has 2 aromatic rings. The largest absolute Gasteiger partial charge is 0.504 e. The van der Waals surface area contributed by atoms with E-state index in [0.717, 1.165) is 16.8 Å². The molecule has 0 saturated heterocycles. The molecule has 0 atom stereocenters. The molecule has 0 aromatic heterocycles. The Morgan fingerprint density at radius 3 is 2.33 bits per heavy atom. The first kappa shape index (κ1) is 17.3. The minimum Gasteiger partial charge on any atom is -0.504 e. The molecule has 126 valence electrons. The lowest BCUT2D eigenvalue weighted by molar-refractivity contribution is -0.115. The number of phenolic OH excluding ortho intramolecular Hbond substituents is 1. The second kappa shape index (κ2) is 7.50. The molecule has 2 rings (SSSR count). The Kier molecular flexibility index (Phi) is 5.42. The van der Waals surface area contributed by atoms with Gasteiger partial charge in [-0.1, -0.05) is 24.3 Å². The SMILES string of the molecule is COc1cccc(C(=O)NCC(=O)Nc2c(C)cccc2C)c1O. The van der Waals surface area contributed by atoms with E-state index >= 15 is 0 Å². The average molecular weight is 328 g/mol. The lowest BCUT2D eigenvalue weighted by atomic mass is 10.1. The van der Waals surface area contributed by atoms with Crippen LogP contribution in [-0.2, 0) is 4.79 Å². The molecule has 0 aliphatic heterocycles. The summed E-state index contributed by atoms with van der Waals surface area (Å²) in [6.07, 6.45) is 0. The van der Waals surface area contributed by atoms with E-state index in [0.29, 0.717) is 0 Å². The second-order valence-corrected chi connectivity index (χ2v) is 5.35. The third-order valence-electron chi connectivity index (χ3n) is 3.62. The standard InChI is InChI=1S/C18H20N2O4/c1-11-6-4-7-12(2)16(11)20-15(21)10-19-18(23)13-8-5-9-14(24-3)17(13)22/h4-9,22H,10H2,1-3H3,(H,19,23)(H,20,21). The fraction of sp³-hybridized carbons (Fsp3) is 0.222. The molecule has 0 heterocycles. The van der Waals surface area contributed by atoms with Crippen molar-refractivity contribution in [2.45, 2.75) is 13.8 Å². The Bertz CT molecular complexity index is 751. The topological polar surface area (TPSA) is 87.7 Å². The first-order chi connectivity index (χ1) is 11.4. The van der Waals surface area contributed by atoms with E-state index < -0.39 is 5.91 Å². The highest BCUT2D eigenvalue weighted by molar-refractivity contribution is 6.01. The van der Waals surface area contributed by atoms with E-state index in [2.05, 4.69) is 10.6 Å². The number of hydrogen-bond acceptors (Lipinski definition) is 4. The smallest absolute Gasteiger partial charge is 0.255 e. The number of phenols is 1. The molecule has 2 aromatic carbocycles. The number of methoxy groups -OCH3 is 1. The van der Waals surface area contributed by atoms with E-state index in [-0.39, 0.29) is 29.5 Å². The van der Waals surface area contributed by atoms with Gasteiger partial charge in [0.15, 0.2) is 11.5 Å². The van der Waals surface area contributed by atoms with Crippen molar-refractivity contribution in [2.75, 3.05) is 19.0 Å². The van der Waals surface area contributed by atoms with Crippen LogP contribution < -0.4 is 15.4 Å². The lowest BCUT2D eigenvalue weighted by Crippen LogP contribution is -2.33. The predicted octanol–water partition coefficient (Wildman–Crippen LogP) is 2.39. The number of nitrogens with one attached hydrogen (secondary N) is 2. The number of amides is 2. The molecular weight excluding hydrogens is 308 g/mol. The van der Waals surface area contributed by atoms with E-state index in [4.69, 9.17) is 4.74 Å². The Balaban J connectivity index is 2.00. The first-order valence-corrected chi connectivity index (χ1v) is 7.44. The molecule has 0 saturated carbocycles. The third-order valence-corrected chi connectivity index (χ3v) is 3.62. The molecule has 0 fully saturated rings. The Labute approximate surface area is 140 Å². The van der Waals surface area contributed by atoms with Gasteiger partial charge in [0.2, 0.25) is 5.91 Å². The van der Waals surface area contributed by atoms with Crippen molar-refractivity contribution in [2.24, 2.45) is 0 Å². The molecule has 0 spiro atoms. The summed E-state index contributed by atoms with van der Waals surface area (Å²) in [4.78, 5) is 24.2. The van der Waals surface area contributed by atoms with Crippen LogP contribution in [0.2, 0.25) is 0 Å². The molecule has 3 N–H and O–H groups in total. The Hall–Kier alpha value is -3.02. The van der Waals surface area contributed by atoms with E-state index in [1.54, 1.807) is 12.1 Å². The van der Waals surface area contributed by atoms with Gasteiger partial charge in [0, 0.05) is 5.69 Å². The van der Waals surface area contributed by atoms with Gasteiger partial charge in [-0.25, -0.2) is 0 Å². The lowest BCUT2D eigenvalue weighted by Gasteiger charge is -2.12. The maximum Gasteiger partial charge on any atom is 0.255 e. The summed E-state index contributed by atoms with van der Waals surface area (Å²) in [5.74, 6) is -0.957. The van der Waals surface area contributed by atoms with Gasteiger partial charge in [-0.15, -0.1) is 0 Å². The minimum absolute atomic E-state index is 0.0502. The van der Waals surface area contributed by atoms with Crippen LogP contribution in [0.3, 0.4) is 0 Å². The molecule has 0 aliphatic rings. The molecule has 6 heteroatoms. The van der Waals surface area contributed by atoms with Crippen LogP contribution in [0, 0.1) is 13.8 Å². The molecule has 0 unspecified atom stereocenters.